The monoisotopic (exact) mass is 473 g/mol. The molecule has 0 bridgehead atoms. The summed E-state index contributed by atoms with van der Waals surface area (Å²) >= 11 is 0. The summed E-state index contributed by atoms with van der Waals surface area (Å²) in [5.74, 6) is -1.17. The van der Waals surface area contributed by atoms with Crippen molar-refractivity contribution in [3.63, 3.8) is 0 Å². The molecule has 2 rings (SSSR count). The molecule has 0 aliphatic carbocycles. The highest BCUT2D eigenvalue weighted by molar-refractivity contribution is 5.96. The van der Waals surface area contributed by atoms with Gasteiger partial charge < -0.3 is 15.3 Å². The summed E-state index contributed by atoms with van der Waals surface area (Å²) in [6, 6.07) is 5.65. The minimum Gasteiger partial charge on any atom is -0.478 e. The van der Waals surface area contributed by atoms with Gasteiger partial charge in [0.05, 0.1) is 5.56 Å². The molecule has 1 atom stereocenters. The van der Waals surface area contributed by atoms with Gasteiger partial charge >= 0.3 is 5.97 Å². The average molecular weight is 474 g/mol. The van der Waals surface area contributed by atoms with Crippen molar-refractivity contribution in [2.24, 2.45) is 0 Å². The number of unbranched alkanes of at least 4 members (excludes halogenated alkanes) is 8. The van der Waals surface area contributed by atoms with Crippen LogP contribution >= 0.6 is 0 Å². The Balaban J connectivity index is 1.98. The first-order valence-corrected chi connectivity index (χ1v) is 13.1. The van der Waals surface area contributed by atoms with Crippen LogP contribution < -0.4 is 5.32 Å². The van der Waals surface area contributed by atoms with Gasteiger partial charge in [0.1, 0.15) is 6.04 Å². The first-order chi connectivity index (χ1) is 16.5. The molecule has 0 radical (unpaired) electrons. The molecule has 1 saturated heterocycles. The number of carbonyl (C=O) groups is 3. The largest absolute Gasteiger partial charge is 0.478 e. The maximum absolute atomic E-state index is 13.1. The van der Waals surface area contributed by atoms with E-state index in [9.17, 15) is 14.4 Å². The molecule has 1 fully saturated rings. The smallest absolute Gasteiger partial charge is 0.335 e. The number of hydrogen-bond acceptors (Lipinski definition) is 4. The van der Waals surface area contributed by atoms with Gasteiger partial charge in [-0.25, -0.2) is 4.79 Å². The van der Waals surface area contributed by atoms with Crippen molar-refractivity contribution < 1.29 is 19.5 Å². The summed E-state index contributed by atoms with van der Waals surface area (Å²) in [6.07, 6.45) is 11.7. The van der Waals surface area contributed by atoms with Crippen molar-refractivity contribution in [3.8, 4) is 0 Å². The molecule has 190 valence electrons. The molecule has 1 aliphatic heterocycles. The van der Waals surface area contributed by atoms with Crippen molar-refractivity contribution in [2.45, 2.75) is 84.1 Å². The van der Waals surface area contributed by atoms with Gasteiger partial charge in [0.15, 0.2) is 0 Å². The van der Waals surface area contributed by atoms with Crippen LogP contribution in [0.3, 0.4) is 0 Å². The van der Waals surface area contributed by atoms with Gasteiger partial charge in [0, 0.05) is 31.7 Å². The topological polar surface area (TPSA) is 90.0 Å². The van der Waals surface area contributed by atoms with Crippen LogP contribution in [0.2, 0.25) is 0 Å². The van der Waals surface area contributed by atoms with Gasteiger partial charge in [-0.3, -0.25) is 14.5 Å². The molecule has 2 N–H and O–H groups in total. The summed E-state index contributed by atoms with van der Waals surface area (Å²) < 4.78 is 0. The second-order valence-corrected chi connectivity index (χ2v) is 9.30. The Labute approximate surface area is 204 Å². The molecule has 7 heteroatoms. The average Bonchev–Trinajstić information content (AvgIpc) is 2.85. The lowest BCUT2D eigenvalue weighted by Gasteiger charge is -2.40. The molecule has 7 nitrogen and oxygen atoms in total. The van der Waals surface area contributed by atoms with E-state index in [2.05, 4.69) is 24.1 Å². The lowest BCUT2D eigenvalue weighted by molar-refractivity contribution is -0.128. The molecule has 1 aromatic carbocycles. The first-order valence-electron chi connectivity index (χ1n) is 13.1. The number of nitrogens with zero attached hydrogens (tertiary/aromatic N) is 2. The van der Waals surface area contributed by atoms with E-state index in [4.69, 9.17) is 5.11 Å². The number of hydrogen-bond donors (Lipinski definition) is 2. The molecule has 1 aromatic rings. The first kappa shape index (κ1) is 27.8. The number of carbonyl (C=O) groups excluding carboxylic acids is 2. The molecule has 0 aromatic heterocycles. The maximum Gasteiger partial charge on any atom is 0.335 e. The third-order valence-corrected chi connectivity index (χ3v) is 6.59. The van der Waals surface area contributed by atoms with E-state index >= 15 is 0 Å². The van der Waals surface area contributed by atoms with Crippen LogP contribution in [0.15, 0.2) is 24.3 Å². The summed E-state index contributed by atoms with van der Waals surface area (Å²) in [6.45, 7) is 7.52. The lowest BCUT2D eigenvalue weighted by atomic mass is 10.1. The highest BCUT2D eigenvalue weighted by Crippen LogP contribution is 2.16. The van der Waals surface area contributed by atoms with Gasteiger partial charge in [-0.05, 0) is 43.7 Å². The SMILES string of the molecule is CCCCCCCCN1CCN(C(=O)c2ccc(C(=O)O)cc2)C[C@@H]1C(=O)NCCCCCC. The van der Waals surface area contributed by atoms with Crippen LogP contribution in [-0.4, -0.2) is 71.5 Å². The Morgan fingerprint density at radius 3 is 2.09 bits per heavy atom. The van der Waals surface area contributed by atoms with Crippen LogP contribution in [0.25, 0.3) is 0 Å². The van der Waals surface area contributed by atoms with E-state index in [1.807, 2.05) is 0 Å². The number of benzene rings is 1. The number of carboxylic acid groups (broad SMARTS) is 1. The van der Waals surface area contributed by atoms with E-state index in [0.717, 1.165) is 32.2 Å². The van der Waals surface area contributed by atoms with Gasteiger partial charge in [0.25, 0.3) is 5.91 Å². The van der Waals surface area contributed by atoms with E-state index in [-0.39, 0.29) is 23.4 Å². The fourth-order valence-electron chi connectivity index (χ4n) is 4.44. The van der Waals surface area contributed by atoms with Crippen LogP contribution in [0.1, 0.15) is 98.8 Å². The summed E-state index contributed by atoms with van der Waals surface area (Å²) in [5.41, 5.74) is 0.605. The molecule has 1 aliphatic rings. The number of rotatable bonds is 15. The second-order valence-electron chi connectivity index (χ2n) is 9.30. The van der Waals surface area contributed by atoms with Crippen LogP contribution in [0.5, 0.6) is 0 Å². The van der Waals surface area contributed by atoms with Crippen LogP contribution in [0.4, 0.5) is 0 Å². The summed E-state index contributed by atoms with van der Waals surface area (Å²) in [7, 11) is 0. The number of amides is 2. The van der Waals surface area contributed by atoms with Crippen LogP contribution in [-0.2, 0) is 4.79 Å². The van der Waals surface area contributed by atoms with Crippen molar-refractivity contribution in [1.82, 2.24) is 15.1 Å². The van der Waals surface area contributed by atoms with Gasteiger partial charge in [0.2, 0.25) is 5.91 Å². The van der Waals surface area contributed by atoms with Gasteiger partial charge in [-0.1, -0.05) is 65.2 Å². The van der Waals surface area contributed by atoms with E-state index in [1.165, 1.54) is 50.7 Å². The minimum atomic E-state index is -1.02. The number of carboxylic acids is 1. The van der Waals surface area contributed by atoms with Crippen molar-refractivity contribution in [2.75, 3.05) is 32.7 Å². The molecular weight excluding hydrogens is 430 g/mol. The summed E-state index contributed by atoms with van der Waals surface area (Å²) in [4.78, 5) is 41.2. The zero-order valence-electron chi connectivity index (χ0n) is 21.1. The molecule has 1 heterocycles. The highest BCUT2D eigenvalue weighted by Gasteiger charge is 2.34. The van der Waals surface area contributed by atoms with Crippen molar-refractivity contribution in [3.05, 3.63) is 35.4 Å². The van der Waals surface area contributed by atoms with Crippen molar-refractivity contribution in [1.29, 1.82) is 0 Å². The van der Waals surface area contributed by atoms with E-state index in [1.54, 1.807) is 17.0 Å². The summed E-state index contributed by atoms with van der Waals surface area (Å²) in [5, 5.41) is 12.2. The fraction of sp³-hybridized carbons (Fsp3) is 0.667. The van der Waals surface area contributed by atoms with Gasteiger partial charge in [-0.2, -0.15) is 0 Å². The van der Waals surface area contributed by atoms with E-state index < -0.39 is 5.97 Å². The molecule has 34 heavy (non-hydrogen) atoms. The molecule has 2 amide bonds. The Hall–Kier alpha value is -2.41. The predicted molar refractivity (Wildman–Crippen MR) is 135 cm³/mol. The Morgan fingerprint density at radius 2 is 1.44 bits per heavy atom. The number of aromatic carboxylic acids is 1. The zero-order valence-corrected chi connectivity index (χ0v) is 21.1. The minimum absolute atomic E-state index is 0.00112. The third-order valence-electron chi connectivity index (χ3n) is 6.59. The highest BCUT2D eigenvalue weighted by atomic mass is 16.4. The second kappa shape index (κ2) is 15.5. The Morgan fingerprint density at radius 1 is 0.853 bits per heavy atom. The van der Waals surface area contributed by atoms with Gasteiger partial charge in [-0.15, -0.1) is 0 Å². The standard InChI is InChI=1S/C27H43N3O4/c1-3-5-7-9-10-12-18-29-19-20-30(21-24(29)25(31)28-17-11-8-6-4-2)26(32)22-13-15-23(16-14-22)27(33)34/h13-16,24H,3-12,17-21H2,1-2H3,(H,28,31)(H,33,34)/t24-/m1/s1. The van der Waals surface area contributed by atoms with Crippen molar-refractivity contribution >= 4 is 17.8 Å². The quantitative estimate of drug-likeness (QED) is 0.364. The molecule has 0 spiro atoms. The Bertz CT molecular complexity index is 766. The number of nitrogens with one attached hydrogen (secondary N) is 1. The molecule has 0 saturated carbocycles. The third kappa shape index (κ3) is 9.09. The lowest BCUT2D eigenvalue weighted by Crippen LogP contribution is -2.60. The predicted octanol–water partition coefficient (Wildman–Crippen LogP) is 4.57. The number of piperazine rings is 1. The Kier molecular flexibility index (Phi) is 12.7. The fourth-order valence-corrected chi connectivity index (χ4v) is 4.44. The molecular formula is C27H43N3O4. The molecule has 0 unspecified atom stereocenters. The van der Waals surface area contributed by atoms with Crippen LogP contribution in [0, 0.1) is 0 Å². The van der Waals surface area contributed by atoms with E-state index in [0.29, 0.717) is 31.7 Å². The normalized spacial score (nSPS) is 16.4. The zero-order chi connectivity index (χ0) is 24.8. The maximum atomic E-state index is 13.1.